The molecule has 130 valence electrons. The molecular weight excluding hydrogens is 320 g/mol. The fraction of sp³-hybridized carbons (Fsp3) is 0.273. The summed E-state index contributed by atoms with van der Waals surface area (Å²) < 4.78 is 0. The van der Waals surface area contributed by atoms with E-state index >= 15 is 0 Å². The highest BCUT2D eigenvalue weighted by Crippen LogP contribution is 2.41. The highest BCUT2D eigenvalue weighted by atomic mass is 15.1. The van der Waals surface area contributed by atoms with Crippen LogP contribution in [0.2, 0.25) is 0 Å². The minimum Gasteiger partial charge on any atom is -0.346 e. The Hall–Kier alpha value is -2.88. The second-order valence-electron chi connectivity index (χ2n) is 7.31. The Labute approximate surface area is 152 Å². The SMILES string of the molecule is c1ccc(C2CCC(c3cnc4[nH]cc(-c5cn[nH]c5)c4c3)CC2)cc1. The van der Waals surface area contributed by atoms with Crippen molar-refractivity contribution in [3.63, 3.8) is 0 Å². The molecule has 0 amide bonds. The van der Waals surface area contributed by atoms with Crippen LogP contribution in [0.25, 0.3) is 22.2 Å². The zero-order valence-corrected chi connectivity index (χ0v) is 14.7. The fourth-order valence-corrected chi connectivity index (χ4v) is 4.37. The van der Waals surface area contributed by atoms with E-state index in [1.165, 1.54) is 47.8 Å². The van der Waals surface area contributed by atoms with Gasteiger partial charge in [0.25, 0.3) is 0 Å². The van der Waals surface area contributed by atoms with Crippen LogP contribution in [0.15, 0.2) is 61.2 Å². The first-order valence-corrected chi connectivity index (χ1v) is 9.39. The highest BCUT2D eigenvalue weighted by Gasteiger charge is 2.24. The second kappa shape index (κ2) is 6.45. The van der Waals surface area contributed by atoms with Crippen LogP contribution in [-0.4, -0.2) is 20.2 Å². The van der Waals surface area contributed by atoms with Gasteiger partial charge in [-0.3, -0.25) is 5.10 Å². The second-order valence-corrected chi connectivity index (χ2v) is 7.31. The summed E-state index contributed by atoms with van der Waals surface area (Å²) in [6.07, 6.45) is 12.9. The van der Waals surface area contributed by atoms with Crippen molar-refractivity contribution in [1.82, 2.24) is 20.2 Å². The lowest BCUT2D eigenvalue weighted by Crippen LogP contribution is -2.12. The molecule has 0 bridgehead atoms. The maximum absolute atomic E-state index is 4.68. The largest absolute Gasteiger partial charge is 0.346 e. The molecule has 0 unspecified atom stereocenters. The smallest absolute Gasteiger partial charge is 0.137 e. The summed E-state index contributed by atoms with van der Waals surface area (Å²) in [5, 5.41) is 8.16. The Morgan fingerprint density at radius 3 is 2.35 bits per heavy atom. The molecule has 1 aliphatic carbocycles. The lowest BCUT2D eigenvalue weighted by molar-refractivity contribution is 0.396. The van der Waals surface area contributed by atoms with Crippen molar-refractivity contribution >= 4 is 11.0 Å². The molecule has 4 aromatic rings. The number of benzene rings is 1. The maximum atomic E-state index is 4.68. The van der Waals surface area contributed by atoms with Gasteiger partial charge < -0.3 is 4.98 Å². The lowest BCUT2D eigenvalue weighted by Gasteiger charge is -2.29. The van der Waals surface area contributed by atoms with Gasteiger partial charge in [0.05, 0.1) is 6.20 Å². The summed E-state index contributed by atoms with van der Waals surface area (Å²) >= 11 is 0. The van der Waals surface area contributed by atoms with E-state index in [0.717, 1.165) is 11.2 Å². The molecule has 4 heteroatoms. The third-order valence-corrected chi connectivity index (χ3v) is 5.83. The molecule has 3 aromatic heterocycles. The monoisotopic (exact) mass is 342 g/mol. The lowest BCUT2D eigenvalue weighted by atomic mass is 9.76. The summed E-state index contributed by atoms with van der Waals surface area (Å²) in [5.41, 5.74) is 6.08. The Morgan fingerprint density at radius 1 is 0.846 bits per heavy atom. The van der Waals surface area contributed by atoms with E-state index in [1.54, 1.807) is 0 Å². The van der Waals surface area contributed by atoms with Crippen LogP contribution < -0.4 is 0 Å². The number of hydrogen-bond acceptors (Lipinski definition) is 2. The molecule has 0 saturated heterocycles. The number of aromatic nitrogens is 4. The van der Waals surface area contributed by atoms with E-state index in [9.17, 15) is 0 Å². The molecule has 0 spiro atoms. The van der Waals surface area contributed by atoms with Crippen LogP contribution in [0.4, 0.5) is 0 Å². The van der Waals surface area contributed by atoms with Crippen LogP contribution in [0.1, 0.15) is 48.6 Å². The minimum atomic E-state index is 0.610. The predicted octanol–water partition coefficient (Wildman–Crippen LogP) is 5.39. The summed E-state index contributed by atoms with van der Waals surface area (Å²) in [4.78, 5) is 7.96. The van der Waals surface area contributed by atoms with E-state index in [1.807, 2.05) is 18.6 Å². The Bertz CT molecular complexity index is 993. The van der Waals surface area contributed by atoms with Crippen molar-refractivity contribution in [2.45, 2.75) is 37.5 Å². The van der Waals surface area contributed by atoms with Gasteiger partial charge in [-0.25, -0.2) is 4.98 Å². The van der Waals surface area contributed by atoms with Gasteiger partial charge in [-0.15, -0.1) is 0 Å². The summed E-state index contributed by atoms with van der Waals surface area (Å²) in [7, 11) is 0. The molecular formula is C22H22N4. The third kappa shape index (κ3) is 2.71. The summed E-state index contributed by atoms with van der Waals surface area (Å²) in [5.74, 6) is 1.32. The number of pyridine rings is 1. The standard InChI is InChI=1S/C22H22N4/c1-2-4-15(5-3-1)16-6-8-17(9-7-16)18-10-20-21(19-12-25-26-13-19)14-24-22(20)23-11-18/h1-5,10-14,16-17H,6-9H2,(H,23,24)(H,25,26). The van der Waals surface area contributed by atoms with Gasteiger partial charge in [-0.2, -0.15) is 5.10 Å². The molecule has 3 heterocycles. The number of fused-ring (bicyclic) bond motifs is 1. The number of nitrogens with one attached hydrogen (secondary N) is 2. The molecule has 26 heavy (non-hydrogen) atoms. The molecule has 0 atom stereocenters. The molecule has 1 saturated carbocycles. The number of nitrogens with zero attached hydrogens (tertiary/aromatic N) is 2. The molecule has 0 aliphatic heterocycles. The van der Waals surface area contributed by atoms with Crippen molar-refractivity contribution < 1.29 is 0 Å². The first-order valence-electron chi connectivity index (χ1n) is 9.39. The minimum absolute atomic E-state index is 0.610. The quantitative estimate of drug-likeness (QED) is 0.524. The van der Waals surface area contributed by atoms with Gasteiger partial charge in [-0.05, 0) is 54.7 Å². The average molecular weight is 342 g/mol. The number of aromatic amines is 2. The summed E-state index contributed by atoms with van der Waals surface area (Å²) in [6.45, 7) is 0. The zero-order chi connectivity index (χ0) is 17.3. The first kappa shape index (κ1) is 15.4. The van der Waals surface area contributed by atoms with Crippen molar-refractivity contribution in [1.29, 1.82) is 0 Å². The molecule has 1 aliphatic rings. The van der Waals surface area contributed by atoms with Crippen LogP contribution in [0.3, 0.4) is 0 Å². The molecule has 0 radical (unpaired) electrons. The van der Waals surface area contributed by atoms with Gasteiger partial charge in [0.1, 0.15) is 5.65 Å². The number of H-pyrrole nitrogens is 2. The van der Waals surface area contributed by atoms with Crippen LogP contribution in [0.5, 0.6) is 0 Å². The zero-order valence-electron chi connectivity index (χ0n) is 14.7. The maximum Gasteiger partial charge on any atom is 0.137 e. The van der Waals surface area contributed by atoms with Gasteiger partial charge >= 0.3 is 0 Å². The predicted molar refractivity (Wildman–Crippen MR) is 104 cm³/mol. The van der Waals surface area contributed by atoms with Crippen molar-refractivity contribution in [3.8, 4) is 11.1 Å². The van der Waals surface area contributed by atoms with Crippen LogP contribution >= 0.6 is 0 Å². The molecule has 2 N–H and O–H groups in total. The first-order chi connectivity index (χ1) is 12.9. The van der Waals surface area contributed by atoms with E-state index in [0.29, 0.717) is 11.8 Å². The van der Waals surface area contributed by atoms with E-state index in [2.05, 4.69) is 62.8 Å². The van der Waals surface area contributed by atoms with E-state index in [-0.39, 0.29) is 0 Å². The molecule has 4 nitrogen and oxygen atoms in total. The molecule has 5 rings (SSSR count). The fourth-order valence-electron chi connectivity index (χ4n) is 4.37. The normalized spacial score (nSPS) is 20.5. The van der Waals surface area contributed by atoms with Gasteiger partial charge in [0, 0.05) is 35.1 Å². The van der Waals surface area contributed by atoms with Gasteiger partial charge in [-0.1, -0.05) is 30.3 Å². The van der Waals surface area contributed by atoms with Crippen LogP contribution in [0, 0.1) is 0 Å². The van der Waals surface area contributed by atoms with Crippen molar-refractivity contribution in [3.05, 3.63) is 72.3 Å². The Kier molecular flexibility index (Phi) is 3.81. The van der Waals surface area contributed by atoms with E-state index in [4.69, 9.17) is 0 Å². The Morgan fingerprint density at radius 2 is 1.62 bits per heavy atom. The number of hydrogen-bond donors (Lipinski definition) is 2. The van der Waals surface area contributed by atoms with E-state index < -0.39 is 0 Å². The van der Waals surface area contributed by atoms with Crippen molar-refractivity contribution in [2.24, 2.45) is 0 Å². The van der Waals surface area contributed by atoms with Gasteiger partial charge in [0.2, 0.25) is 0 Å². The van der Waals surface area contributed by atoms with Crippen molar-refractivity contribution in [2.75, 3.05) is 0 Å². The highest BCUT2D eigenvalue weighted by molar-refractivity contribution is 5.93. The topological polar surface area (TPSA) is 57.4 Å². The molecule has 1 fully saturated rings. The Balaban J connectivity index is 1.39. The number of rotatable bonds is 3. The molecule has 1 aromatic carbocycles. The average Bonchev–Trinajstić information content (AvgIpc) is 3.38. The van der Waals surface area contributed by atoms with Gasteiger partial charge in [0.15, 0.2) is 0 Å². The van der Waals surface area contributed by atoms with Crippen LogP contribution in [-0.2, 0) is 0 Å². The summed E-state index contributed by atoms with van der Waals surface area (Å²) in [6, 6.07) is 13.3. The third-order valence-electron chi connectivity index (χ3n) is 5.83.